The third-order valence-electron chi connectivity index (χ3n) is 3.69. The number of carbonyl (C=O) groups is 2. The molecule has 0 bridgehead atoms. The van der Waals surface area contributed by atoms with Gasteiger partial charge in [-0.05, 0) is 40.8 Å². The molecule has 0 unspecified atom stereocenters. The summed E-state index contributed by atoms with van der Waals surface area (Å²) in [6.45, 7) is 0. The Kier molecular flexibility index (Phi) is 5.06. The minimum atomic E-state index is -0.764. The van der Waals surface area contributed by atoms with Crippen LogP contribution in [0.5, 0.6) is 0 Å². The molecule has 0 aliphatic carbocycles. The minimum absolute atomic E-state index is 0.0114. The maximum absolute atomic E-state index is 14.2. The van der Waals surface area contributed by atoms with Gasteiger partial charge in [-0.3, -0.25) is 0 Å². The summed E-state index contributed by atoms with van der Waals surface area (Å²) in [5.74, 6) is -2.05. The summed E-state index contributed by atoms with van der Waals surface area (Å²) in [5.41, 5.74) is 0.349. The fraction of sp³-hybridized carbons (Fsp3) is 0.118. The molecule has 3 rings (SSSR count). The van der Waals surface area contributed by atoms with Gasteiger partial charge in [0.05, 0.1) is 19.8 Å². The van der Waals surface area contributed by atoms with Crippen LogP contribution < -0.4 is 4.90 Å². The van der Waals surface area contributed by atoms with Crippen molar-refractivity contribution in [2.75, 3.05) is 19.1 Å². The zero-order valence-electron chi connectivity index (χ0n) is 14.4. The van der Waals surface area contributed by atoms with Gasteiger partial charge < -0.3 is 14.4 Å². The molecule has 0 saturated heterocycles. The van der Waals surface area contributed by atoms with Gasteiger partial charge in [-0.15, -0.1) is 5.10 Å². The highest BCUT2D eigenvalue weighted by molar-refractivity contribution is 6.05. The van der Waals surface area contributed by atoms with Crippen LogP contribution in [0.15, 0.2) is 60.2 Å². The summed E-state index contributed by atoms with van der Waals surface area (Å²) in [6, 6.07) is 4.07. The average molecular weight is 371 g/mol. The summed E-state index contributed by atoms with van der Waals surface area (Å²) in [7, 11) is 2.40. The Morgan fingerprint density at radius 1 is 1.11 bits per heavy atom. The predicted molar refractivity (Wildman–Crippen MR) is 90.9 cm³/mol. The number of halogens is 1. The molecule has 27 heavy (non-hydrogen) atoms. The van der Waals surface area contributed by atoms with Gasteiger partial charge in [0.15, 0.2) is 0 Å². The second-order valence-electron chi connectivity index (χ2n) is 5.21. The Bertz CT molecular complexity index is 966. The van der Waals surface area contributed by atoms with Gasteiger partial charge in [-0.25, -0.2) is 14.0 Å². The van der Waals surface area contributed by atoms with E-state index >= 15 is 0 Å². The van der Waals surface area contributed by atoms with Gasteiger partial charge in [0.2, 0.25) is 0 Å². The standard InChI is InChI=1S/C17H14FN5O4/c1-26-16(24)12-5-3-4-8-22(15(12)17(25)27-2)11-6-7-13(18)14(9-11)23-10-19-20-21-23/h3-10H,1-2H3. The molecule has 9 nitrogen and oxygen atoms in total. The monoisotopic (exact) mass is 371 g/mol. The van der Waals surface area contributed by atoms with Crippen molar-refractivity contribution in [3.05, 3.63) is 66.0 Å². The summed E-state index contributed by atoms with van der Waals surface area (Å²) in [4.78, 5) is 26.0. The van der Waals surface area contributed by atoms with Crippen molar-refractivity contribution in [3.8, 4) is 5.69 Å². The maximum Gasteiger partial charge on any atom is 0.355 e. The van der Waals surface area contributed by atoms with Crippen molar-refractivity contribution in [2.45, 2.75) is 0 Å². The molecule has 138 valence electrons. The van der Waals surface area contributed by atoms with Crippen LogP contribution in [0.2, 0.25) is 0 Å². The zero-order valence-corrected chi connectivity index (χ0v) is 14.4. The number of tetrazole rings is 1. The third kappa shape index (κ3) is 3.45. The van der Waals surface area contributed by atoms with E-state index < -0.39 is 17.8 Å². The second-order valence-corrected chi connectivity index (χ2v) is 5.21. The van der Waals surface area contributed by atoms with Gasteiger partial charge >= 0.3 is 11.9 Å². The topological polar surface area (TPSA) is 99.4 Å². The van der Waals surface area contributed by atoms with Gasteiger partial charge in [-0.1, -0.05) is 6.08 Å². The van der Waals surface area contributed by atoms with Crippen molar-refractivity contribution in [1.82, 2.24) is 20.2 Å². The molecule has 0 spiro atoms. The van der Waals surface area contributed by atoms with Crippen LogP contribution >= 0.6 is 0 Å². The number of aromatic nitrogens is 4. The molecule has 1 aliphatic rings. The number of anilines is 1. The number of carbonyl (C=O) groups excluding carboxylic acids is 2. The molecule has 1 aliphatic heterocycles. The molecule has 0 fully saturated rings. The predicted octanol–water partition coefficient (Wildman–Crippen LogP) is 1.29. The number of methoxy groups -OCH3 is 2. The van der Waals surface area contributed by atoms with Crippen LogP contribution in [0.4, 0.5) is 10.1 Å². The van der Waals surface area contributed by atoms with Crippen molar-refractivity contribution in [1.29, 1.82) is 0 Å². The highest BCUT2D eigenvalue weighted by atomic mass is 19.1. The van der Waals surface area contributed by atoms with E-state index in [0.29, 0.717) is 5.69 Å². The van der Waals surface area contributed by atoms with Gasteiger partial charge in [0, 0.05) is 11.9 Å². The lowest BCUT2D eigenvalue weighted by atomic mass is 10.1. The smallest absolute Gasteiger partial charge is 0.355 e. The first kappa shape index (κ1) is 18.0. The summed E-state index contributed by atoms with van der Waals surface area (Å²) in [5, 5.41) is 10.6. The Hall–Kier alpha value is -3.82. The van der Waals surface area contributed by atoms with Crippen molar-refractivity contribution < 1.29 is 23.5 Å². The van der Waals surface area contributed by atoms with E-state index in [9.17, 15) is 14.0 Å². The lowest BCUT2D eigenvalue weighted by molar-refractivity contribution is -0.139. The number of benzene rings is 1. The van der Waals surface area contributed by atoms with E-state index in [1.807, 2.05) is 0 Å². The van der Waals surface area contributed by atoms with Crippen LogP contribution in [-0.2, 0) is 19.1 Å². The van der Waals surface area contributed by atoms with Crippen LogP contribution in [-0.4, -0.2) is 46.4 Å². The number of esters is 2. The zero-order chi connectivity index (χ0) is 19.4. The molecule has 0 saturated carbocycles. The minimum Gasteiger partial charge on any atom is -0.465 e. The highest BCUT2D eigenvalue weighted by Gasteiger charge is 2.28. The third-order valence-corrected chi connectivity index (χ3v) is 3.69. The summed E-state index contributed by atoms with van der Waals surface area (Å²) >= 11 is 0. The van der Waals surface area contributed by atoms with Crippen LogP contribution in [0.1, 0.15) is 0 Å². The largest absolute Gasteiger partial charge is 0.465 e. The average Bonchev–Trinajstić information content (AvgIpc) is 3.13. The molecule has 0 radical (unpaired) electrons. The molecule has 2 heterocycles. The molecule has 0 N–H and O–H groups in total. The quantitative estimate of drug-likeness (QED) is 0.742. The fourth-order valence-corrected chi connectivity index (χ4v) is 2.46. The second kappa shape index (κ2) is 7.60. The molecule has 1 aromatic carbocycles. The van der Waals surface area contributed by atoms with Gasteiger partial charge in [-0.2, -0.15) is 4.68 Å². The summed E-state index contributed by atoms with van der Waals surface area (Å²) < 4.78 is 24.9. The molecule has 0 amide bonds. The normalized spacial score (nSPS) is 13.5. The van der Waals surface area contributed by atoms with E-state index in [4.69, 9.17) is 9.47 Å². The van der Waals surface area contributed by atoms with E-state index in [2.05, 4.69) is 15.5 Å². The summed E-state index contributed by atoms with van der Waals surface area (Å²) in [6.07, 6.45) is 7.38. The first-order valence-electron chi connectivity index (χ1n) is 7.64. The SMILES string of the molecule is COC(=O)C1=C(C(=O)OC)N(c2ccc(F)c(-n3cnnn3)c2)C=CC=C1. The van der Waals surface area contributed by atoms with Crippen molar-refractivity contribution in [2.24, 2.45) is 0 Å². The first-order chi connectivity index (χ1) is 13.1. The molecular formula is C17H14FN5O4. The Labute approximate surface area is 153 Å². The Morgan fingerprint density at radius 2 is 1.89 bits per heavy atom. The lowest BCUT2D eigenvalue weighted by Gasteiger charge is -2.23. The van der Waals surface area contributed by atoms with Gasteiger partial charge in [0.25, 0.3) is 0 Å². The fourth-order valence-electron chi connectivity index (χ4n) is 2.46. The first-order valence-corrected chi connectivity index (χ1v) is 7.64. The molecular weight excluding hydrogens is 357 g/mol. The van der Waals surface area contributed by atoms with E-state index in [0.717, 1.165) is 4.68 Å². The van der Waals surface area contributed by atoms with E-state index in [1.165, 1.54) is 55.9 Å². The number of hydrogen-bond acceptors (Lipinski definition) is 8. The maximum atomic E-state index is 14.2. The number of allylic oxidation sites excluding steroid dienone is 2. The molecule has 1 aromatic heterocycles. The van der Waals surface area contributed by atoms with Gasteiger partial charge in [0.1, 0.15) is 23.5 Å². The highest BCUT2D eigenvalue weighted by Crippen LogP contribution is 2.28. The van der Waals surface area contributed by atoms with E-state index in [-0.39, 0.29) is 17.0 Å². The Balaban J connectivity index is 2.18. The van der Waals surface area contributed by atoms with Crippen LogP contribution in [0.25, 0.3) is 5.69 Å². The van der Waals surface area contributed by atoms with Crippen LogP contribution in [0, 0.1) is 5.82 Å². The van der Waals surface area contributed by atoms with Crippen LogP contribution in [0.3, 0.4) is 0 Å². The number of rotatable bonds is 4. The van der Waals surface area contributed by atoms with Crippen molar-refractivity contribution in [3.63, 3.8) is 0 Å². The number of nitrogens with zero attached hydrogens (tertiary/aromatic N) is 5. The molecule has 10 heteroatoms. The van der Waals surface area contributed by atoms with Crippen molar-refractivity contribution >= 4 is 17.6 Å². The molecule has 2 aromatic rings. The number of hydrogen-bond donors (Lipinski definition) is 0. The van der Waals surface area contributed by atoms with E-state index in [1.54, 1.807) is 12.2 Å². The Morgan fingerprint density at radius 3 is 2.56 bits per heavy atom. The lowest BCUT2D eigenvalue weighted by Crippen LogP contribution is -2.27. The molecule has 0 atom stereocenters. The number of ether oxygens (including phenoxy) is 2.